The maximum absolute atomic E-state index is 12.3. The molecule has 0 aliphatic carbocycles. The summed E-state index contributed by atoms with van der Waals surface area (Å²) in [6.07, 6.45) is 0. The largest absolute Gasteiger partial charge is 0.497 e. The average Bonchev–Trinajstić information content (AvgIpc) is 2.65. The lowest BCUT2D eigenvalue weighted by atomic mass is 10.2. The third-order valence-corrected chi connectivity index (χ3v) is 3.56. The Labute approximate surface area is 156 Å². The number of rotatable bonds is 6. The van der Waals surface area contributed by atoms with Crippen LogP contribution in [-0.4, -0.2) is 38.0 Å². The van der Waals surface area contributed by atoms with Gasteiger partial charge in [0.25, 0.3) is 0 Å². The van der Waals surface area contributed by atoms with E-state index in [0.717, 1.165) is 4.90 Å². The van der Waals surface area contributed by atoms with Gasteiger partial charge < -0.3 is 20.5 Å². The molecule has 0 spiro atoms. The lowest BCUT2D eigenvalue weighted by molar-refractivity contribution is -0.139. The van der Waals surface area contributed by atoms with Gasteiger partial charge in [-0.25, -0.2) is 4.90 Å². The fraction of sp³-hybridized carbons (Fsp3) is 0.211. The Hall–Kier alpha value is -3.55. The highest BCUT2D eigenvalue weighted by atomic mass is 16.5. The zero-order valence-electron chi connectivity index (χ0n) is 15.1. The molecule has 0 unspecified atom stereocenters. The third kappa shape index (κ3) is 5.46. The van der Waals surface area contributed by atoms with E-state index in [1.807, 2.05) is 0 Å². The van der Waals surface area contributed by atoms with Crippen LogP contribution in [0, 0.1) is 0 Å². The maximum atomic E-state index is 12.3. The fourth-order valence-corrected chi connectivity index (χ4v) is 2.29. The number of methoxy groups -OCH3 is 1. The minimum absolute atomic E-state index is 0.0965. The summed E-state index contributed by atoms with van der Waals surface area (Å²) in [5.41, 5.74) is 6.28. The summed E-state index contributed by atoms with van der Waals surface area (Å²) in [6.45, 7) is 1.45. The van der Waals surface area contributed by atoms with E-state index in [9.17, 15) is 14.4 Å². The van der Waals surface area contributed by atoms with Crippen LogP contribution in [0.2, 0.25) is 0 Å². The molecule has 2 aromatic rings. The molecule has 3 N–H and O–H groups in total. The minimum Gasteiger partial charge on any atom is -0.497 e. The van der Waals surface area contributed by atoms with Crippen LogP contribution in [0.15, 0.2) is 48.5 Å². The summed E-state index contributed by atoms with van der Waals surface area (Å²) in [5.74, 6) is -1.19. The van der Waals surface area contributed by atoms with Gasteiger partial charge in [0.15, 0.2) is 0 Å². The fourth-order valence-electron chi connectivity index (χ4n) is 2.29. The smallest absolute Gasteiger partial charge is 0.323 e. The molecule has 27 heavy (non-hydrogen) atoms. The standard InChI is InChI=1S/C19H21N3O5/c1-13(23)22(15-5-3-4-14(20)12-15)19(25)18(24)21-10-11-27-17-8-6-16(26-2)7-9-17/h3-9,12H,10-11,20H2,1-2H3,(H,21,24). The first-order valence-corrected chi connectivity index (χ1v) is 8.17. The van der Waals surface area contributed by atoms with E-state index in [1.54, 1.807) is 43.5 Å². The van der Waals surface area contributed by atoms with Gasteiger partial charge in [-0.05, 0) is 42.5 Å². The number of nitrogen functional groups attached to an aromatic ring is 1. The van der Waals surface area contributed by atoms with Crippen LogP contribution >= 0.6 is 0 Å². The first-order chi connectivity index (χ1) is 12.9. The molecule has 2 rings (SSSR count). The van der Waals surface area contributed by atoms with Crippen molar-refractivity contribution in [2.45, 2.75) is 6.92 Å². The molecule has 2 aromatic carbocycles. The Morgan fingerprint density at radius 3 is 2.33 bits per heavy atom. The summed E-state index contributed by atoms with van der Waals surface area (Å²) >= 11 is 0. The van der Waals surface area contributed by atoms with E-state index in [-0.39, 0.29) is 18.8 Å². The number of nitrogens with one attached hydrogen (secondary N) is 1. The maximum Gasteiger partial charge on any atom is 0.323 e. The van der Waals surface area contributed by atoms with Gasteiger partial charge in [-0.3, -0.25) is 14.4 Å². The number of nitrogens with two attached hydrogens (primary N) is 1. The number of benzene rings is 2. The van der Waals surface area contributed by atoms with Gasteiger partial charge in [-0.1, -0.05) is 6.07 Å². The number of ether oxygens (including phenoxy) is 2. The normalized spacial score (nSPS) is 10.0. The third-order valence-electron chi connectivity index (χ3n) is 3.56. The number of anilines is 2. The van der Waals surface area contributed by atoms with Gasteiger partial charge >= 0.3 is 11.8 Å². The van der Waals surface area contributed by atoms with Gasteiger partial charge in [0.05, 0.1) is 19.3 Å². The molecule has 0 heterocycles. The van der Waals surface area contributed by atoms with Crippen molar-refractivity contribution in [3.8, 4) is 11.5 Å². The molecule has 3 amide bonds. The van der Waals surface area contributed by atoms with E-state index >= 15 is 0 Å². The quantitative estimate of drug-likeness (QED) is 0.450. The zero-order chi connectivity index (χ0) is 19.8. The molecule has 0 atom stereocenters. The second-order valence-corrected chi connectivity index (χ2v) is 5.53. The van der Waals surface area contributed by atoms with Crippen molar-refractivity contribution in [1.29, 1.82) is 0 Å². The molecule has 0 bridgehead atoms. The van der Waals surface area contributed by atoms with Crippen molar-refractivity contribution in [1.82, 2.24) is 5.32 Å². The van der Waals surface area contributed by atoms with Crippen LogP contribution in [0.3, 0.4) is 0 Å². The molecular formula is C19H21N3O5. The van der Waals surface area contributed by atoms with Gasteiger partial charge in [0.1, 0.15) is 18.1 Å². The van der Waals surface area contributed by atoms with Crippen LogP contribution in [0.1, 0.15) is 6.92 Å². The summed E-state index contributed by atoms with van der Waals surface area (Å²) in [5, 5.41) is 2.43. The van der Waals surface area contributed by atoms with Crippen LogP contribution < -0.4 is 25.4 Å². The predicted molar refractivity (Wildman–Crippen MR) is 101 cm³/mol. The molecule has 0 saturated heterocycles. The monoisotopic (exact) mass is 371 g/mol. The van der Waals surface area contributed by atoms with E-state index in [2.05, 4.69) is 5.32 Å². The van der Waals surface area contributed by atoms with Gasteiger partial charge in [-0.15, -0.1) is 0 Å². The molecule has 0 aliphatic heterocycles. The molecule has 8 nitrogen and oxygen atoms in total. The highest BCUT2D eigenvalue weighted by Gasteiger charge is 2.26. The van der Waals surface area contributed by atoms with E-state index in [0.29, 0.717) is 17.2 Å². The van der Waals surface area contributed by atoms with Crippen molar-refractivity contribution in [2.75, 3.05) is 30.9 Å². The van der Waals surface area contributed by atoms with E-state index in [4.69, 9.17) is 15.2 Å². The average molecular weight is 371 g/mol. The molecule has 0 fully saturated rings. The first kappa shape index (κ1) is 19.8. The highest BCUT2D eigenvalue weighted by Crippen LogP contribution is 2.18. The molecule has 0 radical (unpaired) electrons. The number of hydrogen-bond donors (Lipinski definition) is 2. The number of nitrogens with zero attached hydrogens (tertiary/aromatic N) is 1. The summed E-state index contributed by atoms with van der Waals surface area (Å²) in [7, 11) is 1.57. The Balaban J connectivity index is 1.89. The van der Waals surface area contributed by atoms with Gasteiger partial charge in [0, 0.05) is 12.6 Å². The SMILES string of the molecule is COc1ccc(OCCNC(=O)C(=O)N(C(C)=O)c2cccc(N)c2)cc1. The zero-order valence-corrected chi connectivity index (χ0v) is 15.1. The van der Waals surface area contributed by atoms with Crippen LogP contribution in [-0.2, 0) is 14.4 Å². The summed E-state index contributed by atoms with van der Waals surface area (Å²) in [4.78, 5) is 37.0. The molecule has 8 heteroatoms. The number of amides is 3. The van der Waals surface area contributed by atoms with Gasteiger partial charge in [0.2, 0.25) is 5.91 Å². The number of hydrogen-bond acceptors (Lipinski definition) is 6. The van der Waals surface area contributed by atoms with Crippen LogP contribution in [0.4, 0.5) is 11.4 Å². The first-order valence-electron chi connectivity index (χ1n) is 8.17. The van der Waals surface area contributed by atoms with Crippen molar-refractivity contribution >= 4 is 29.1 Å². The summed E-state index contributed by atoms with van der Waals surface area (Å²) < 4.78 is 10.5. The Bertz CT molecular complexity index is 820. The lowest BCUT2D eigenvalue weighted by Crippen LogP contribution is -2.46. The lowest BCUT2D eigenvalue weighted by Gasteiger charge is -2.19. The second-order valence-electron chi connectivity index (χ2n) is 5.53. The van der Waals surface area contributed by atoms with Crippen molar-refractivity contribution in [2.24, 2.45) is 0 Å². The summed E-state index contributed by atoms with van der Waals surface area (Å²) in [6, 6.07) is 13.1. The minimum atomic E-state index is -0.988. The van der Waals surface area contributed by atoms with Crippen molar-refractivity contribution in [3.63, 3.8) is 0 Å². The van der Waals surface area contributed by atoms with E-state index < -0.39 is 17.7 Å². The number of carbonyl (C=O) groups excluding carboxylic acids is 3. The Morgan fingerprint density at radius 2 is 1.74 bits per heavy atom. The van der Waals surface area contributed by atoms with Crippen molar-refractivity contribution in [3.05, 3.63) is 48.5 Å². The molecular weight excluding hydrogens is 350 g/mol. The molecule has 0 saturated carbocycles. The predicted octanol–water partition coefficient (Wildman–Crippen LogP) is 1.35. The second kappa shape index (κ2) is 9.23. The molecule has 0 aromatic heterocycles. The highest BCUT2D eigenvalue weighted by molar-refractivity contribution is 6.45. The Kier molecular flexibility index (Phi) is 6.76. The number of imide groups is 1. The molecule has 142 valence electrons. The topological polar surface area (TPSA) is 111 Å². The Morgan fingerprint density at radius 1 is 1.07 bits per heavy atom. The van der Waals surface area contributed by atoms with Crippen LogP contribution in [0.25, 0.3) is 0 Å². The van der Waals surface area contributed by atoms with Crippen molar-refractivity contribution < 1.29 is 23.9 Å². The van der Waals surface area contributed by atoms with Crippen LogP contribution in [0.5, 0.6) is 11.5 Å². The molecule has 0 aliphatic rings. The van der Waals surface area contributed by atoms with E-state index in [1.165, 1.54) is 19.1 Å². The van der Waals surface area contributed by atoms with Gasteiger partial charge in [-0.2, -0.15) is 0 Å². The number of carbonyl (C=O) groups is 3.